The predicted molar refractivity (Wildman–Crippen MR) is 90.6 cm³/mol. The summed E-state index contributed by atoms with van der Waals surface area (Å²) in [7, 11) is 1.74. The van der Waals surface area contributed by atoms with E-state index < -0.39 is 0 Å². The molecule has 0 radical (unpaired) electrons. The minimum absolute atomic E-state index is 0.155. The average molecular weight is 328 g/mol. The Labute approximate surface area is 135 Å². The molecular formula is C16H25NO2S2. The molecule has 2 saturated heterocycles. The second-order valence-corrected chi connectivity index (χ2v) is 8.06. The Hall–Kier alpha value is -0.230. The second kappa shape index (κ2) is 6.90. The van der Waals surface area contributed by atoms with Crippen molar-refractivity contribution >= 4 is 23.1 Å². The van der Waals surface area contributed by atoms with Crippen molar-refractivity contribution in [2.45, 2.75) is 37.8 Å². The molecule has 1 aromatic rings. The number of methoxy groups -OCH3 is 1. The van der Waals surface area contributed by atoms with E-state index in [2.05, 4.69) is 23.7 Å². The summed E-state index contributed by atoms with van der Waals surface area (Å²) in [5, 5.41) is 5.82. The van der Waals surface area contributed by atoms with Gasteiger partial charge in [0.05, 0.1) is 12.7 Å². The maximum atomic E-state index is 6.18. The first-order valence-corrected chi connectivity index (χ1v) is 9.87. The van der Waals surface area contributed by atoms with Gasteiger partial charge in [-0.25, -0.2) is 0 Å². The van der Waals surface area contributed by atoms with Crippen molar-refractivity contribution in [3.63, 3.8) is 0 Å². The molecule has 2 aliphatic heterocycles. The molecule has 2 aliphatic rings. The summed E-state index contributed by atoms with van der Waals surface area (Å²) in [5.74, 6) is 4.08. The fourth-order valence-electron chi connectivity index (χ4n) is 3.54. The van der Waals surface area contributed by atoms with Crippen LogP contribution in [-0.2, 0) is 4.74 Å². The maximum Gasteiger partial charge on any atom is 0.129 e. The highest BCUT2D eigenvalue weighted by atomic mass is 32.2. The number of ether oxygens (including phenoxy) is 2. The lowest BCUT2D eigenvalue weighted by Gasteiger charge is -2.41. The van der Waals surface area contributed by atoms with Gasteiger partial charge in [-0.2, -0.15) is 11.8 Å². The van der Waals surface area contributed by atoms with Crippen LogP contribution in [0, 0.1) is 5.92 Å². The minimum atomic E-state index is 0.155. The van der Waals surface area contributed by atoms with Gasteiger partial charge in [-0.3, -0.25) is 0 Å². The minimum Gasteiger partial charge on any atom is -0.496 e. The quantitative estimate of drug-likeness (QED) is 0.893. The monoisotopic (exact) mass is 327 g/mol. The first-order chi connectivity index (χ1) is 10.3. The molecule has 3 rings (SSSR count). The topological polar surface area (TPSA) is 30.5 Å². The van der Waals surface area contributed by atoms with Crippen LogP contribution < -0.4 is 10.1 Å². The summed E-state index contributed by atoms with van der Waals surface area (Å²) in [6.45, 7) is 4.11. The molecule has 0 amide bonds. The highest BCUT2D eigenvalue weighted by Crippen LogP contribution is 2.45. The van der Waals surface area contributed by atoms with E-state index in [0.717, 1.165) is 25.3 Å². The molecule has 1 N–H and O–H groups in total. The van der Waals surface area contributed by atoms with E-state index in [1.54, 1.807) is 7.11 Å². The number of thioether (sulfide) groups is 1. The SMILES string of the molecule is CCNC(c1cc(OC)cs1)C1CCOC2(CCSC2)C1. The van der Waals surface area contributed by atoms with E-state index in [1.165, 1.54) is 29.2 Å². The Kier molecular flexibility index (Phi) is 5.15. The van der Waals surface area contributed by atoms with Crippen LogP contribution in [0.3, 0.4) is 0 Å². The number of hydrogen-bond donors (Lipinski definition) is 1. The van der Waals surface area contributed by atoms with Gasteiger partial charge in [0.25, 0.3) is 0 Å². The molecule has 2 fully saturated rings. The van der Waals surface area contributed by atoms with Crippen LogP contribution in [0.4, 0.5) is 0 Å². The van der Waals surface area contributed by atoms with Crippen LogP contribution in [0.5, 0.6) is 5.75 Å². The first kappa shape index (κ1) is 15.7. The molecule has 0 bridgehead atoms. The Morgan fingerprint density at radius 2 is 2.48 bits per heavy atom. The zero-order chi connectivity index (χ0) is 14.7. The van der Waals surface area contributed by atoms with E-state index in [0.29, 0.717) is 12.0 Å². The van der Waals surface area contributed by atoms with Gasteiger partial charge >= 0.3 is 0 Å². The van der Waals surface area contributed by atoms with Gasteiger partial charge < -0.3 is 14.8 Å². The molecule has 0 aromatic carbocycles. The van der Waals surface area contributed by atoms with E-state index in [-0.39, 0.29) is 5.60 Å². The van der Waals surface area contributed by atoms with Crippen LogP contribution in [0.25, 0.3) is 0 Å². The second-order valence-electron chi connectivity index (χ2n) is 6.01. The van der Waals surface area contributed by atoms with Crippen molar-refractivity contribution in [1.29, 1.82) is 0 Å². The molecule has 1 aromatic heterocycles. The van der Waals surface area contributed by atoms with Gasteiger partial charge in [0, 0.05) is 28.7 Å². The van der Waals surface area contributed by atoms with E-state index >= 15 is 0 Å². The van der Waals surface area contributed by atoms with Crippen molar-refractivity contribution in [3.8, 4) is 5.75 Å². The van der Waals surface area contributed by atoms with Crippen LogP contribution >= 0.6 is 23.1 Å². The maximum absolute atomic E-state index is 6.18. The largest absolute Gasteiger partial charge is 0.496 e. The number of nitrogens with one attached hydrogen (secondary N) is 1. The van der Waals surface area contributed by atoms with Gasteiger partial charge in [-0.05, 0) is 43.5 Å². The number of hydrogen-bond acceptors (Lipinski definition) is 5. The van der Waals surface area contributed by atoms with Crippen molar-refractivity contribution in [2.75, 3.05) is 31.8 Å². The molecule has 1 spiro atoms. The highest BCUT2D eigenvalue weighted by Gasteiger charge is 2.42. The van der Waals surface area contributed by atoms with Gasteiger partial charge in [0.2, 0.25) is 0 Å². The smallest absolute Gasteiger partial charge is 0.129 e. The highest BCUT2D eigenvalue weighted by molar-refractivity contribution is 7.99. The first-order valence-electron chi connectivity index (χ1n) is 7.84. The van der Waals surface area contributed by atoms with Crippen molar-refractivity contribution < 1.29 is 9.47 Å². The van der Waals surface area contributed by atoms with Crippen molar-refractivity contribution in [1.82, 2.24) is 5.32 Å². The Balaban J connectivity index is 1.76. The van der Waals surface area contributed by atoms with Gasteiger partial charge in [0.1, 0.15) is 5.75 Å². The third-order valence-corrected chi connectivity index (χ3v) is 6.85. The Morgan fingerprint density at radius 1 is 1.57 bits per heavy atom. The predicted octanol–water partition coefficient (Wildman–Crippen LogP) is 3.71. The molecule has 0 saturated carbocycles. The normalized spacial score (nSPS) is 30.7. The standard InChI is InChI=1S/C16H25NO2S2/c1-3-17-15(14-8-13(18-2)10-21-14)12-4-6-19-16(9-12)5-7-20-11-16/h8,10,12,15,17H,3-7,9,11H2,1-2H3. The summed E-state index contributed by atoms with van der Waals surface area (Å²) in [5.41, 5.74) is 0.155. The molecule has 3 heterocycles. The molecule has 3 nitrogen and oxygen atoms in total. The third kappa shape index (κ3) is 3.41. The van der Waals surface area contributed by atoms with Gasteiger partial charge in [-0.15, -0.1) is 11.3 Å². The van der Waals surface area contributed by atoms with Crippen LogP contribution in [-0.4, -0.2) is 37.4 Å². The zero-order valence-corrected chi connectivity index (χ0v) is 14.5. The molecule has 118 valence electrons. The summed E-state index contributed by atoms with van der Waals surface area (Å²) < 4.78 is 11.5. The Morgan fingerprint density at radius 3 is 3.14 bits per heavy atom. The lowest BCUT2D eigenvalue weighted by Crippen LogP contribution is -2.43. The Bertz CT molecular complexity index is 457. The number of thiophene rings is 1. The zero-order valence-electron chi connectivity index (χ0n) is 12.9. The lowest BCUT2D eigenvalue weighted by atomic mass is 9.80. The lowest BCUT2D eigenvalue weighted by molar-refractivity contribution is -0.0851. The fourth-order valence-corrected chi connectivity index (χ4v) is 5.94. The summed E-state index contributed by atoms with van der Waals surface area (Å²) >= 11 is 3.86. The average Bonchev–Trinajstić information content (AvgIpc) is 3.14. The fraction of sp³-hybridized carbons (Fsp3) is 0.750. The molecular weight excluding hydrogens is 302 g/mol. The molecule has 0 aliphatic carbocycles. The molecule has 5 heteroatoms. The van der Waals surface area contributed by atoms with Crippen LogP contribution in [0.2, 0.25) is 0 Å². The summed E-state index contributed by atoms with van der Waals surface area (Å²) in [6, 6.07) is 2.64. The summed E-state index contributed by atoms with van der Waals surface area (Å²) in [4.78, 5) is 1.40. The van der Waals surface area contributed by atoms with E-state index in [1.807, 2.05) is 23.1 Å². The van der Waals surface area contributed by atoms with Crippen LogP contribution in [0.15, 0.2) is 11.4 Å². The summed E-state index contributed by atoms with van der Waals surface area (Å²) in [6.07, 6.45) is 3.57. The van der Waals surface area contributed by atoms with Crippen molar-refractivity contribution in [3.05, 3.63) is 16.3 Å². The van der Waals surface area contributed by atoms with E-state index in [9.17, 15) is 0 Å². The van der Waals surface area contributed by atoms with Gasteiger partial charge in [-0.1, -0.05) is 6.92 Å². The molecule has 21 heavy (non-hydrogen) atoms. The number of rotatable bonds is 5. The van der Waals surface area contributed by atoms with E-state index in [4.69, 9.17) is 9.47 Å². The van der Waals surface area contributed by atoms with Crippen LogP contribution in [0.1, 0.15) is 37.1 Å². The molecule has 3 atom stereocenters. The molecule has 3 unspecified atom stereocenters. The van der Waals surface area contributed by atoms with Gasteiger partial charge in [0.15, 0.2) is 0 Å². The van der Waals surface area contributed by atoms with Crippen molar-refractivity contribution in [2.24, 2.45) is 5.92 Å². The third-order valence-electron chi connectivity index (χ3n) is 4.63.